The van der Waals surface area contributed by atoms with Crippen LogP contribution in [0.5, 0.6) is 0 Å². The first-order valence-electron chi connectivity index (χ1n) is 7.52. The first-order chi connectivity index (χ1) is 11.6. The monoisotopic (exact) mass is 367 g/mol. The van der Waals surface area contributed by atoms with E-state index in [1.165, 1.54) is 6.33 Å². The Morgan fingerprint density at radius 1 is 1.12 bits per heavy atom. The first-order valence-corrected chi connectivity index (χ1v) is 8.28. The van der Waals surface area contributed by atoms with Crippen molar-refractivity contribution < 1.29 is 4.92 Å². The highest BCUT2D eigenvalue weighted by Crippen LogP contribution is 2.35. The lowest BCUT2D eigenvalue weighted by atomic mass is 10.1. The number of nitrogens with one attached hydrogen (secondary N) is 1. The average Bonchev–Trinajstić information content (AvgIpc) is 2.58. The molecule has 126 valence electrons. The van der Waals surface area contributed by atoms with E-state index in [1.807, 2.05) is 4.90 Å². The van der Waals surface area contributed by atoms with Crippen LogP contribution in [0.4, 0.5) is 23.0 Å². The second-order valence-corrected chi connectivity index (χ2v) is 6.27. The van der Waals surface area contributed by atoms with Crippen molar-refractivity contribution in [3.8, 4) is 0 Å². The molecule has 1 fully saturated rings. The van der Waals surface area contributed by atoms with Crippen molar-refractivity contribution in [3.05, 3.63) is 44.7 Å². The normalized spacial score (nSPS) is 14.5. The third-order valence-corrected chi connectivity index (χ3v) is 4.56. The smallest absolute Gasteiger partial charge is 0.351 e. The molecule has 2 aromatic rings. The Morgan fingerprint density at radius 3 is 2.54 bits per heavy atom. The van der Waals surface area contributed by atoms with Crippen molar-refractivity contribution >= 4 is 46.2 Å². The molecule has 0 spiro atoms. The number of piperidine rings is 1. The van der Waals surface area contributed by atoms with Gasteiger partial charge in [0.25, 0.3) is 0 Å². The van der Waals surface area contributed by atoms with E-state index in [1.54, 1.807) is 18.2 Å². The summed E-state index contributed by atoms with van der Waals surface area (Å²) in [7, 11) is 0. The fraction of sp³-hybridized carbons (Fsp3) is 0.333. The third kappa shape index (κ3) is 3.52. The predicted octanol–water partition coefficient (Wildman–Crippen LogP) is 4.43. The number of halogens is 2. The quantitative estimate of drug-likeness (QED) is 0.635. The molecule has 1 aromatic heterocycles. The van der Waals surface area contributed by atoms with Gasteiger partial charge in [0.15, 0.2) is 0 Å². The molecule has 0 saturated carbocycles. The molecule has 1 saturated heterocycles. The molecule has 0 amide bonds. The van der Waals surface area contributed by atoms with Crippen LogP contribution in [0.25, 0.3) is 0 Å². The summed E-state index contributed by atoms with van der Waals surface area (Å²) in [5.41, 5.74) is 0.432. The second kappa shape index (κ2) is 7.19. The minimum Gasteiger partial charge on any atom is -0.351 e. The number of hydrogen-bond donors (Lipinski definition) is 1. The van der Waals surface area contributed by atoms with E-state index in [0.29, 0.717) is 21.6 Å². The maximum absolute atomic E-state index is 11.6. The van der Waals surface area contributed by atoms with Gasteiger partial charge in [-0.25, -0.2) is 9.97 Å². The van der Waals surface area contributed by atoms with Crippen molar-refractivity contribution in [2.75, 3.05) is 23.3 Å². The van der Waals surface area contributed by atoms with Crippen molar-refractivity contribution in [2.45, 2.75) is 19.3 Å². The molecular formula is C15H15Cl2N5O2. The maximum Gasteiger partial charge on any atom is 0.353 e. The molecule has 24 heavy (non-hydrogen) atoms. The minimum atomic E-state index is -0.455. The Morgan fingerprint density at radius 2 is 1.88 bits per heavy atom. The van der Waals surface area contributed by atoms with Gasteiger partial charge < -0.3 is 10.2 Å². The highest BCUT2D eigenvalue weighted by molar-refractivity contribution is 6.42. The van der Waals surface area contributed by atoms with Gasteiger partial charge >= 0.3 is 5.69 Å². The number of anilines is 3. The molecule has 0 unspecified atom stereocenters. The van der Waals surface area contributed by atoms with E-state index in [-0.39, 0.29) is 11.5 Å². The summed E-state index contributed by atoms with van der Waals surface area (Å²) in [6.45, 7) is 1.51. The van der Waals surface area contributed by atoms with Gasteiger partial charge in [-0.2, -0.15) is 0 Å². The van der Waals surface area contributed by atoms with Gasteiger partial charge in [0.05, 0.1) is 15.0 Å². The molecule has 7 nitrogen and oxygen atoms in total. The molecule has 9 heteroatoms. The van der Waals surface area contributed by atoms with Gasteiger partial charge in [0, 0.05) is 18.8 Å². The van der Waals surface area contributed by atoms with Gasteiger partial charge in [0.1, 0.15) is 6.33 Å². The van der Waals surface area contributed by atoms with Crippen LogP contribution in [-0.2, 0) is 0 Å². The molecular weight excluding hydrogens is 353 g/mol. The second-order valence-electron chi connectivity index (χ2n) is 5.45. The summed E-state index contributed by atoms with van der Waals surface area (Å²) >= 11 is 11.9. The summed E-state index contributed by atoms with van der Waals surface area (Å²) in [4.78, 5) is 21.3. The Balaban J connectivity index is 1.97. The van der Waals surface area contributed by atoms with Crippen molar-refractivity contribution in [3.63, 3.8) is 0 Å². The lowest BCUT2D eigenvalue weighted by molar-refractivity contribution is -0.383. The zero-order chi connectivity index (χ0) is 17.1. The van der Waals surface area contributed by atoms with Crippen LogP contribution in [-0.4, -0.2) is 28.0 Å². The number of benzene rings is 1. The molecule has 0 aliphatic carbocycles. The standard InChI is InChI=1S/C15H15Cl2N5O2/c16-11-5-4-10(8-12(11)17)20-14-13(22(23)24)15(19-9-18-14)21-6-2-1-3-7-21/h4-5,8-9H,1-3,6-7H2,(H,18,19,20). The van der Waals surface area contributed by atoms with E-state index < -0.39 is 4.92 Å². The Kier molecular flexibility index (Phi) is 5.01. The number of nitrogens with zero attached hydrogens (tertiary/aromatic N) is 4. The molecule has 1 N–H and O–H groups in total. The minimum absolute atomic E-state index is 0.133. The SMILES string of the molecule is O=[N+]([O-])c1c(Nc2ccc(Cl)c(Cl)c2)ncnc1N1CCCCC1. The Labute approximate surface area is 148 Å². The molecule has 0 bridgehead atoms. The van der Waals surface area contributed by atoms with Crippen molar-refractivity contribution in [2.24, 2.45) is 0 Å². The van der Waals surface area contributed by atoms with Crippen LogP contribution in [0.1, 0.15) is 19.3 Å². The molecule has 3 rings (SSSR count). The highest BCUT2D eigenvalue weighted by atomic mass is 35.5. The lowest BCUT2D eigenvalue weighted by Crippen LogP contribution is -2.31. The summed E-state index contributed by atoms with van der Waals surface area (Å²) in [6.07, 6.45) is 4.45. The van der Waals surface area contributed by atoms with E-state index in [9.17, 15) is 10.1 Å². The molecule has 2 heterocycles. The van der Waals surface area contributed by atoms with E-state index >= 15 is 0 Å². The van der Waals surface area contributed by atoms with Crippen LogP contribution in [0.3, 0.4) is 0 Å². The molecule has 1 aliphatic heterocycles. The lowest BCUT2D eigenvalue weighted by Gasteiger charge is -2.27. The van der Waals surface area contributed by atoms with Crippen molar-refractivity contribution in [1.29, 1.82) is 0 Å². The van der Waals surface area contributed by atoms with E-state index in [4.69, 9.17) is 23.2 Å². The summed E-state index contributed by atoms with van der Waals surface area (Å²) in [5.74, 6) is 0.478. The number of hydrogen-bond acceptors (Lipinski definition) is 6. The summed E-state index contributed by atoms with van der Waals surface area (Å²) in [6, 6.07) is 4.89. The van der Waals surface area contributed by atoms with Crippen LogP contribution in [0.15, 0.2) is 24.5 Å². The maximum atomic E-state index is 11.6. The predicted molar refractivity (Wildman–Crippen MR) is 94.5 cm³/mol. The number of aromatic nitrogens is 2. The van der Waals surface area contributed by atoms with Gasteiger partial charge in [0.2, 0.25) is 11.6 Å². The third-order valence-electron chi connectivity index (χ3n) is 3.82. The fourth-order valence-corrected chi connectivity index (χ4v) is 2.97. The van der Waals surface area contributed by atoms with Crippen LogP contribution in [0.2, 0.25) is 10.0 Å². The van der Waals surface area contributed by atoms with Gasteiger partial charge in [-0.15, -0.1) is 0 Å². The van der Waals surface area contributed by atoms with E-state index in [2.05, 4.69) is 15.3 Å². The van der Waals surface area contributed by atoms with Gasteiger partial charge in [-0.3, -0.25) is 10.1 Å². The molecule has 1 aromatic carbocycles. The molecule has 1 aliphatic rings. The Bertz CT molecular complexity index is 766. The largest absolute Gasteiger partial charge is 0.353 e. The van der Waals surface area contributed by atoms with Gasteiger partial charge in [-0.1, -0.05) is 23.2 Å². The van der Waals surface area contributed by atoms with Crippen LogP contribution < -0.4 is 10.2 Å². The summed E-state index contributed by atoms with van der Waals surface area (Å²) < 4.78 is 0. The highest BCUT2D eigenvalue weighted by Gasteiger charge is 2.28. The fourth-order valence-electron chi connectivity index (χ4n) is 2.68. The molecule has 0 radical (unpaired) electrons. The zero-order valence-electron chi connectivity index (χ0n) is 12.7. The zero-order valence-corrected chi connectivity index (χ0v) is 14.2. The van der Waals surface area contributed by atoms with Gasteiger partial charge in [-0.05, 0) is 37.5 Å². The van der Waals surface area contributed by atoms with Crippen LogP contribution in [0, 0.1) is 10.1 Å². The molecule has 0 atom stereocenters. The number of nitro groups is 1. The topological polar surface area (TPSA) is 84.2 Å². The summed E-state index contributed by atoms with van der Waals surface area (Å²) in [5, 5.41) is 15.3. The first kappa shape index (κ1) is 16.7. The van der Waals surface area contributed by atoms with E-state index in [0.717, 1.165) is 32.4 Å². The van der Waals surface area contributed by atoms with Crippen molar-refractivity contribution in [1.82, 2.24) is 9.97 Å². The number of rotatable bonds is 4. The van der Waals surface area contributed by atoms with Crippen LogP contribution >= 0.6 is 23.2 Å². The Hall–Kier alpha value is -2.12. The average molecular weight is 368 g/mol.